The molecular formula is C10H14O. The Kier molecular flexibility index (Phi) is 1.14. The molecular weight excluding hydrogens is 136 g/mol. The Morgan fingerprint density at radius 3 is 2.73 bits per heavy atom. The van der Waals surface area contributed by atoms with E-state index in [-0.39, 0.29) is 0 Å². The van der Waals surface area contributed by atoms with Crippen LogP contribution in [0.4, 0.5) is 0 Å². The number of hydrogen-bond acceptors (Lipinski definition) is 1. The lowest BCUT2D eigenvalue weighted by Crippen LogP contribution is -2.06. The highest BCUT2D eigenvalue weighted by Gasteiger charge is 2.58. The number of Topliss-reactive ketones (excluding diaryl/α,β-unsaturated/α-hetero) is 1. The summed E-state index contributed by atoms with van der Waals surface area (Å²) in [5.74, 6) is 1.70. The van der Waals surface area contributed by atoms with Crippen molar-refractivity contribution in [3.63, 3.8) is 0 Å². The smallest absolute Gasteiger partial charge is 0.158 e. The first kappa shape index (κ1) is 7.08. The summed E-state index contributed by atoms with van der Waals surface area (Å²) in [5.41, 5.74) is 1.39. The van der Waals surface area contributed by atoms with Gasteiger partial charge in [-0.05, 0) is 29.7 Å². The van der Waals surface area contributed by atoms with Crippen LogP contribution in [0.15, 0.2) is 11.6 Å². The first-order valence-corrected chi connectivity index (χ1v) is 4.25. The summed E-state index contributed by atoms with van der Waals surface area (Å²) in [5, 5.41) is 0. The molecule has 0 N–H and O–H groups in total. The SMILES string of the molecule is CC1=CC2[C@@H](CC1=O)C2(C)C. The van der Waals surface area contributed by atoms with Crippen LogP contribution in [-0.2, 0) is 4.79 Å². The second-order valence-corrected chi connectivity index (χ2v) is 4.43. The third-order valence-corrected chi connectivity index (χ3v) is 3.41. The minimum absolute atomic E-state index is 0.358. The largest absolute Gasteiger partial charge is 0.295 e. The van der Waals surface area contributed by atoms with E-state index in [1.165, 1.54) is 0 Å². The zero-order valence-corrected chi connectivity index (χ0v) is 7.35. The first-order valence-electron chi connectivity index (χ1n) is 4.25. The molecule has 0 aromatic carbocycles. The van der Waals surface area contributed by atoms with Crippen molar-refractivity contribution in [2.24, 2.45) is 17.3 Å². The Hall–Kier alpha value is -0.590. The van der Waals surface area contributed by atoms with Gasteiger partial charge < -0.3 is 0 Å². The molecule has 2 aliphatic rings. The maximum atomic E-state index is 11.3. The molecule has 0 saturated heterocycles. The summed E-state index contributed by atoms with van der Waals surface area (Å²) in [6.45, 7) is 6.45. The van der Waals surface area contributed by atoms with Crippen molar-refractivity contribution in [2.75, 3.05) is 0 Å². The minimum atomic E-state index is 0.358. The van der Waals surface area contributed by atoms with Crippen LogP contribution in [0, 0.1) is 17.3 Å². The topological polar surface area (TPSA) is 17.1 Å². The first-order chi connectivity index (χ1) is 5.03. The van der Waals surface area contributed by atoms with Gasteiger partial charge in [0.2, 0.25) is 0 Å². The van der Waals surface area contributed by atoms with Gasteiger partial charge >= 0.3 is 0 Å². The van der Waals surface area contributed by atoms with Crippen molar-refractivity contribution >= 4 is 5.78 Å². The van der Waals surface area contributed by atoms with Crippen LogP contribution in [0.2, 0.25) is 0 Å². The number of carbonyl (C=O) groups excluding carboxylic acids is 1. The van der Waals surface area contributed by atoms with E-state index in [0.717, 1.165) is 12.0 Å². The van der Waals surface area contributed by atoms with Crippen molar-refractivity contribution in [3.8, 4) is 0 Å². The van der Waals surface area contributed by atoms with E-state index in [9.17, 15) is 4.79 Å². The molecule has 0 aliphatic heterocycles. The van der Waals surface area contributed by atoms with Gasteiger partial charge in [-0.15, -0.1) is 0 Å². The molecule has 1 unspecified atom stereocenters. The van der Waals surface area contributed by atoms with Crippen LogP contribution >= 0.6 is 0 Å². The van der Waals surface area contributed by atoms with E-state index in [2.05, 4.69) is 19.9 Å². The average Bonchev–Trinajstić information content (AvgIpc) is 2.39. The molecule has 0 aromatic heterocycles. The van der Waals surface area contributed by atoms with Gasteiger partial charge in [0.25, 0.3) is 0 Å². The molecule has 2 rings (SSSR count). The number of rotatable bonds is 0. The lowest BCUT2D eigenvalue weighted by atomic mass is 10.00. The fraction of sp³-hybridized carbons (Fsp3) is 0.700. The van der Waals surface area contributed by atoms with Crippen LogP contribution in [-0.4, -0.2) is 5.78 Å². The maximum Gasteiger partial charge on any atom is 0.158 e. The molecule has 0 amide bonds. The maximum absolute atomic E-state index is 11.3. The summed E-state index contributed by atoms with van der Waals surface area (Å²) in [7, 11) is 0. The van der Waals surface area contributed by atoms with Crippen molar-refractivity contribution in [3.05, 3.63) is 11.6 Å². The molecule has 1 heteroatoms. The fourth-order valence-corrected chi connectivity index (χ4v) is 2.23. The minimum Gasteiger partial charge on any atom is -0.295 e. The van der Waals surface area contributed by atoms with Crippen molar-refractivity contribution < 1.29 is 4.79 Å². The summed E-state index contributed by atoms with van der Waals surface area (Å²) in [4.78, 5) is 11.3. The Bertz CT molecular complexity index is 248. The van der Waals surface area contributed by atoms with Crippen molar-refractivity contribution in [1.82, 2.24) is 0 Å². The van der Waals surface area contributed by atoms with Crippen LogP contribution in [0.25, 0.3) is 0 Å². The van der Waals surface area contributed by atoms with Crippen LogP contribution in [0.1, 0.15) is 27.2 Å². The molecule has 0 heterocycles. The zero-order chi connectivity index (χ0) is 8.22. The number of allylic oxidation sites excluding steroid dienone is 2. The van der Waals surface area contributed by atoms with Crippen LogP contribution < -0.4 is 0 Å². The molecule has 1 saturated carbocycles. The molecule has 0 spiro atoms. The molecule has 0 bridgehead atoms. The van der Waals surface area contributed by atoms with Crippen molar-refractivity contribution in [2.45, 2.75) is 27.2 Å². The van der Waals surface area contributed by atoms with E-state index < -0.39 is 0 Å². The summed E-state index contributed by atoms with van der Waals surface area (Å²) >= 11 is 0. The second-order valence-electron chi connectivity index (χ2n) is 4.43. The predicted molar refractivity (Wildman–Crippen MR) is 44.1 cm³/mol. The van der Waals surface area contributed by atoms with Crippen molar-refractivity contribution in [1.29, 1.82) is 0 Å². The third kappa shape index (κ3) is 0.800. The van der Waals surface area contributed by atoms with E-state index >= 15 is 0 Å². The summed E-state index contributed by atoms with van der Waals surface area (Å²) in [6, 6.07) is 0. The monoisotopic (exact) mass is 150 g/mol. The van der Waals surface area contributed by atoms with E-state index in [4.69, 9.17) is 0 Å². The van der Waals surface area contributed by atoms with Crippen LogP contribution in [0.3, 0.4) is 0 Å². The molecule has 60 valence electrons. The average molecular weight is 150 g/mol. The van der Waals surface area contributed by atoms with Gasteiger partial charge in [-0.25, -0.2) is 0 Å². The third-order valence-electron chi connectivity index (χ3n) is 3.41. The normalized spacial score (nSPS) is 39.5. The predicted octanol–water partition coefficient (Wildman–Crippen LogP) is 2.18. The van der Waals surface area contributed by atoms with Gasteiger partial charge in [-0.1, -0.05) is 19.9 Å². The number of ketones is 1. The Labute approximate surface area is 67.5 Å². The van der Waals surface area contributed by atoms with Gasteiger partial charge in [0.1, 0.15) is 0 Å². The Balaban J connectivity index is 2.28. The number of carbonyl (C=O) groups is 1. The van der Waals surface area contributed by atoms with Gasteiger partial charge in [0.15, 0.2) is 5.78 Å². The zero-order valence-electron chi connectivity index (χ0n) is 7.35. The quantitative estimate of drug-likeness (QED) is 0.517. The molecule has 1 fully saturated rings. The van der Waals surface area contributed by atoms with E-state index in [0.29, 0.717) is 23.0 Å². The Morgan fingerprint density at radius 2 is 2.18 bits per heavy atom. The highest BCUT2D eigenvalue weighted by Crippen LogP contribution is 2.62. The molecule has 1 nitrogen and oxygen atoms in total. The second kappa shape index (κ2) is 1.77. The van der Waals surface area contributed by atoms with Gasteiger partial charge in [0.05, 0.1) is 0 Å². The number of fused-ring (bicyclic) bond motifs is 1. The van der Waals surface area contributed by atoms with Gasteiger partial charge in [0, 0.05) is 6.42 Å². The lowest BCUT2D eigenvalue weighted by molar-refractivity contribution is -0.116. The summed E-state index contributed by atoms with van der Waals surface area (Å²) in [6.07, 6.45) is 2.95. The molecule has 0 radical (unpaired) electrons. The molecule has 2 atom stereocenters. The van der Waals surface area contributed by atoms with E-state index in [1.54, 1.807) is 0 Å². The van der Waals surface area contributed by atoms with Gasteiger partial charge in [-0.2, -0.15) is 0 Å². The molecule has 11 heavy (non-hydrogen) atoms. The number of hydrogen-bond donors (Lipinski definition) is 0. The lowest BCUT2D eigenvalue weighted by Gasteiger charge is -2.04. The fourth-order valence-electron chi connectivity index (χ4n) is 2.23. The standard InChI is InChI=1S/C10H14O/c1-6-4-7-8(5-9(6)11)10(7,2)3/h4,7-8H,5H2,1-3H3/t7?,8-/m1/s1. The van der Waals surface area contributed by atoms with E-state index in [1.807, 2.05) is 6.92 Å². The summed E-state index contributed by atoms with van der Waals surface area (Å²) < 4.78 is 0. The molecule has 2 aliphatic carbocycles. The van der Waals surface area contributed by atoms with Gasteiger partial charge in [-0.3, -0.25) is 4.79 Å². The van der Waals surface area contributed by atoms with Crippen LogP contribution in [0.5, 0.6) is 0 Å². The highest BCUT2D eigenvalue weighted by molar-refractivity contribution is 5.96. The highest BCUT2D eigenvalue weighted by atomic mass is 16.1. The molecule has 0 aromatic rings. The Morgan fingerprint density at radius 1 is 1.55 bits per heavy atom.